The number of piperidine rings is 1. The summed E-state index contributed by atoms with van der Waals surface area (Å²) in [4.78, 5) is 11.4. The summed E-state index contributed by atoms with van der Waals surface area (Å²) in [6.45, 7) is 0.979. The molecule has 12 heavy (non-hydrogen) atoms. The summed E-state index contributed by atoms with van der Waals surface area (Å²) >= 11 is 0. The number of nitrogens with one attached hydrogen (secondary N) is 1. The SMILES string of the molecule is C#CCCC(=O)C1CCCCN1. The van der Waals surface area contributed by atoms with E-state index in [4.69, 9.17) is 6.42 Å². The lowest BCUT2D eigenvalue weighted by atomic mass is 9.99. The first-order valence-electron chi connectivity index (χ1n) is 4.54. The van der Waals surface area contributed by atoms with Gasteiger partial charge in [0.25, 0.3) is 0 Å². The van der Waals surface area contributed by atoms with Crippen LogP contribution in [0.2, 0.25) is 0 Å². The van der Waals surface area contributed by atoms with E-state index in [0.717, 1.165) is 13.0 Å². The van der Waals surface area contributed by atoms with Crippen LogP contribution in [-0.2, 0) is 4.79 Å². The highest BCUT2D eigenvalue weighted by molar-refractivity contribution is 5.84. The normalized spacial score (nSPS) is 23.1. The molecule has 1 N–H and O–H groups in total. The van der Waals surface area contributed by atoms with Crippen molar-refractivity contribution in [3.05, 3.63) is 0 Å². The lowest BCUT2D eigenvalue weighted by Crippen LogP contribution is -2.40. The quantitative estimate of drug-likeness (QED) is 0.635. The molecule has 0 aromatic carbocycles. The molecule has 0 radical (unpaired) electrons. The van der Waals surface area contributed by atoms with Gasteiger partial charge >= 0.3 is 0 Å². The standard InChI is InChI=1S/C10H15NO/c1-2-3-7-10(12)9-6-4-5-8-11-9/h1,9,11H,3-8H2. The Kier molecular flexibility index (Phi) is 3.83. The van der Waals surface area contributed by atoms with Crippen molar-refractivity contribution in [2.24, 2.45) is 0 Å². The van der Waals surface area contributed by atoms with Crippen LogP contribution in [0, 0.1) is 12.3 Å². The van der Waals surface area contributed by atoms with Gasteiger partial charge in [-0.25, -0.2) is 0 Å². The number of ketones is 1. The average Bonchev–Trinajstić information content (AvgIpc) is 2.15. The summed E-state index contributed by atoms with van der Waals surface area (Å²) in [5, 5.41) is 3.21. The Morgan fingerprint density at radius 3 is 3.00 bits per heavy atom. The average molecular weight is 165 g/mol. The second kappa shape index (κ2) is 4.95. The Balaban J connectivity index is 2.26. The molecule has 1 atom stereocenters. The summed E-state index contributed by atoms with van der Waals surface area (Å²) < 4.78 is 0. The van der Waals surface area contributed by atoms with E-state index in [1.807, 2.05) is 0 Å². The Labute approximate surface area is 73.7 Å². The first-order chi connectivity index (χ1) is 5.84. The van der Waals surface area contributed by atoms with Crippen LogP contribution in [0.4, 0.5) is 0 Å². The third-order valence-electron chi connectivity index (χ3n) is 2.21. The Morgan fingerprint density at radius 2 is 2.42 bits per heavy atom. The van der Waals surface area contributed by atoms with Crippen molar-refractivity contribution in [2.45, 2.75) is 38.1 Å². The number of rotatable bonds is 3. The number of Topliss-reactive ketones (excluding diaryl/α,β-unsaturated/α-hetero) is 1. The molecule has 0 bridgehead atoms. The molecule has 0 aromatic heterocycles. The molecule has 0 spiro atoms. The van der Waals surface area contributed by atoms with Crippen LogP contribution in [-0.4, -0.2) is 18.4 Å². The fourth-order valence-electron chi connectivity index (χ4n) is 1.50. The van der Waals surface area contributed by atoms with Crippen molar-refractivity contribution in [3.63, 3.8) is 0 Å². The van der Waals surface area contributed by atoms with Crippen LogP contribution >= 0.6 is 0 Å². The first kappa shape index (κ1) is 9.28. The van der Waals surface area contributed by atoms with Gasteiger partial charge in [0.2, 0.25) is 0 Å². The highest BCUT2D eigenvalue weighted by atomic mass is 16.1. The van der Waals surface area contributed by atoms with Gasteiger partial charge in [-0.15, -0.1) is 12.3 Å². The van der Waals surface area contributed by atoms with Crippen molar-refractivity contribution in [2.75, 3.05) is 6.54 Å². The predicted molar refractivity (Wildman–Crippen MR) is 48.7 cm³/mol. The number of hydrogen-bond acceptors (Lipinski definition) is 2. The second-order valence-corrected chi connectivity index (χ2v) is 3.17. The van der Waals surface area contributed by atoms with E-state index < -0.39 is 0 Å². The zero-order chi connectivity index (χ0) is 8.81. The zero-order valence-electron chi connectivity index (χ0n) is 7.31. The third kappa shape index (κ3) is 2.67. The molecule has 0 aromatic rings. The number of carbonyl (C=O) groups excluding carboxylic acids is 1. The van der Waals surface area contributed by atoms with Gasteiger partial charge in [0, 0.05) is 12.8 Å². The van der Waals surface area contributed by atoms with Gasteiger partial charge in [0.1, 0.15) is 0 Å². The minimum atomic E-state index is 0.0899. The van der Waals surface area contributed by atoms with Gasteiger partial charge in [-0.1, -0.05) is 6.42 Å². The van der Waals surface area contributed by atoms with Crippen LogP contribution in [0.5, 0.6) is 0 Å². The summed E-state index contributed by atoms with van der Waals surface area (Å²) in [6.07, 6.45) is 9.55. The molecule has 1 aliphatic heterocycles. The predicted octanol–water partition coefficient (Wildman–Crippen LogP) is 1.11. The van der Waals surface area contributed by atoms with Gasteiger partial charge in [0.05, 0.1) is 6.04 Å². The number of hydrogen-bond donors (Lipinski definition) is 1. The molecule has 1 saturated heterocycles. The Hall–Kier alpha value is -0.810. The van der Waals surface area contributed by atoms with Gasteiger partial charge < -0.3 is 5.32 Å². The van der Waals surface area contributed by atoms with E-state index in [9.17, 15) is 4.79 Å². The molecule has 0 amide bonds. The van der Waals surface area contributed by atoms with Crippen LogP contribution < -0.4 is 5.32 Å². The minimum absolute atomic E-state index is 0.0899. The molecule has 0 aliphatic carbocycles. The molecule has 1 unspecified atom stereocenters. The highest BCUT2D eigenvalue weighted by Crippen LogP contribution is 2.09. The monoisotopic (exact) mass is 165 g/mol. The molecule has 1 heterocycles. The van der Waals surface area contributed by atoms with Gasteiger partial charge in [0.15, 0.2) is 5.78 Å². The molecule has 2 heteroatoms. The fraction of sp³-hybridized carbons (Fsp3) is 0.700. The number of carbonyl (C=O) groups is 1. The second-order valence-electron chi connectivity index (χ2n) is 3.17. The molecule has 0 saturated carbocycles. The van der Waals surface area contributed by atoms with Gasteiger partial charge in [-0.05, 0) is 19.4 Å². The maximum atomic E-state index is 11.4. The summed E-state index contributed by atoms with van der Waals surface area (Å²) in [6, 6.07) is 0.0899. The van der Waals surface area contributed by atoms with Crippen LogP contribution in [0.1, 0.15) is 32.1 Å². The van der Waals surface area contributed by atoms with E-state index in [1.54, 1.807) is 0 Å². The van der Waals surface area contributed by atoms with Crippen molar-refractivity contribution in [3.8, 4) is 12.3 Å². The maximum absolute atomic E-state index is 11.4. The van der Waals surface area contributed by atoms with E-state index in [1.165, 1.54) is 12.8 Å². The summed E-state index contributed by atoms with van der Waals surface area (Å²) in [7, 11) is 0. The molecule has 2 nitrogen and oxygen atoms in total. The van der Waals surface area contributed by atoms with Gasteiger partial charge in [-0.2, -0.15) is 0 Å². The molecular formula is C10H15NO. The lowest BCUT2D eigenvalue weighted by molar-refractivity contribution is -0.121. The topological polar surface area (TPSA) is 29.1 Å². The van der Waals surface area contributed by atoms with E-state index in [0.29, 0.717) is 12.8 Å². The molecule has 1 aliphatic rings. The van der Waals surface area contributed by atoms with Gasteiger partial charge in [-0.3, -0.25) is 4.79 Å². The van der Waals surface area contributed by atoms with E-state index in [-0.39, 0.29) is 11.8 Å². The summed E-state index contributed by atoms with van der Waals surface area (Å²) in [5.41, 5.74) is 0. The van der Waals surface area contributed by atoms with E-state index in [2.05, 4.69) is 11.2 Å². The van der Waals surface area contributed by atoms with Crippen LogP contribution in [0.25, 0.3) is 0 Å². The van der Waals surface area contributed by atoms with Crippen molar-refractivity contribution < 1.29 is 4.79 Å². The third-order valence-corrected chi connectivity index (χ3v) is 2.21. The highest BCUT2D eigenvalue weighted by Gasteiger charge is 2.18. The smallest absolute Gasteiger partial charge is 0.150 e. The van der Waals surface area contributed by atoms with Crippen molar-refractivity contribution in [1.29, 1.82) is 0 Å². The molecule has 66 valence electrons. The molecule has 1 fully saturated rings. The molecular weight excluding hydrogens is 150 g/mol. The fourth-order valence-corrected chi connectivity index (χ4v) is 1.50. The van der Waals surface area contributed by atoms with E-state index >= 15 is 0 Å². The molecule has 1 rings (SSSR count). The van der Waals surface area contributed by atoms with Crippen molar-refractivity contribution in [1.82, 2.24) is 5.32 Å². The van der Waals surface area contributed by atoms with Crippen molar-refractivity contribution >= 4 is 5.78 Å². The minimum Gasteiger partial charge on any atom is -0.307 e. The van der Waals surface area contributed by atoms with Crippen LogP contribution in [0.15, 0.2) is 0 Å². The lowest BCUT2D eigenvalue weighted by Gasteiger charge is -2.21. The number of terminal acetylenes is 1. The first-order valence-corrected chi connectivity index (χ1v) is 4.54. The largest absolute Gasteiger partial charge is 0.307 e. The zero-order valence-corrected chi connectivity index (χ0v) is 7.31. The summed E-state index contributed by atoms with van der Waals surface area (Å²) in [5.74, 6) is 2.77. The maximum Gasteiger partial charge on any atom is 0.150 e. The Morgan fingerprint density at radius 1 is 1.58 bits per heavy atom. The van der Waals surface area contributed by atoms with Crippen LogP contribution in [0.3, 0.4) is 0 Å². The Bertz CT molecular complexity index is 187.